The molecule has 0 aromatic heterocycles. The topological polar surface area (TPSA) is 46.3 Å². The van der Waals surface area contributed by atoms with Crippen molar-refractivity contribution in [3.63, 3.8) is 0 Å². The highest BCUT2D eigenvalue weighted by Gasteiger charge is 2.28. The summed E-state index contributed by atoms with van der Waals surface area (Å²) in [4.78, 5) is 14.9. The fourth-order valence-corrected chi connectivity index (χ4v) is 3.63. The Morgan fingerprint density at radius 2 is 1.62 bits per heavy atom. The van der Waals surface area contributed by atoms with Crippen molar-refractivity contribution in [1.29, 1.82) is 0 Å². The standard InChI is InChI=1S/C21H26N2O/c22-13-11-17-12-14-23(16-17)21(24)15-20(18-7-3-1-4-8-18)19-9-5-2-6-10-19/h1-10,17,20H,11-16,22H2. The molecule has 1 saturated heterocycles. The molecule has 3 heteroatoms. The molecular weight excluding hydrogens is 296 g/mol. The molecule has 1 aliphatic heterocycles. The van der Waals surface area contributed by atoms with Gasteiger partial charge in [-0.25, -0.2) is 0 Å². The average molecular weight is 322 g/mol. The predicted molar refractivity (Wildman–Crippen MR) is 97.7 cm³/mol. The van der Waals surface area contributed by atoms with Crippen LogP contribution in [0.3, 0.4) is 0 Å². The molecule has 1 atom stereocenters. The van der Waals surface area contributed by atoms with Crippen molar-refractivity contribution >= 4 is 5.91 Å². The minimum Gasteiger partial charge on any atom is -0.342 e. The first-order chi connectivity index (χ1) is 11.8. The van der Waals surface area contributed by atoms with Crippen molar-refractivity contribution in [2.24, 2.45) is 11.7 Å². The summed E-state index contributed by atoms with van der Waals surface area (Å²) in [5.41, 5.74) is 8.07. The lowest BCUT2D eigenvalue weighted by molar-refractivity contribution is -0.130. The van der Waals surface area contributed by atoms with Crippen LogP contribution in [-0.4, -0.2) is 30.4 Å². The Morgan fingerprint density at radius 1 is 1.04 bits per heavy atom. The number of carbonyl (C=O) groups excluding carboxylic acids is 1. The molecule has 2 aromatic rings. The third-order valence-corrected chi connectivity index (χ3v) is 5.00. The first-order valence-electron chi connectivity index (χ1n) is 8.85. The Bertz CT molecular complexity index is 602. The SMILES string of the molecule is NCCC1CCN(C(=O)CC(c2ccccc2)c2ccccc2)C1. The van der Waals surface area contributed by atoms with Gasteiger partial charge in [0.25, 0.3) is 0 Å². The lowest BCUT2D eigenvalue weighted by atomic mass is 9.88. The van der Waals surface area contributed by atoms with Gasteiger partial charge in [-0.15, -0.1) is 0 Å². The quantitative estimate of drug-likeness (QED) is 0.886. The van der Waals surface area contributed by atoms with Gasteiger partial charge in [-0.2, -0.15) is 0 Å². The van der Waals surface area contributed by atoms with E-state index in [1.807, 2.05) is 41.3 Å². The lowest BCUT2D eigenvalue weighted by Crippen LogP contribution is -2.30. The Hall–Kier alpha value is -2.13. The maximum Gasteiger partial charge on any atom is 0.223 e. The first kappa shape index (κ1) is 16.7. The molecular formula is C21H26N2O. The second kappa shape index (κ2) is 8.11. The summed E-state index contributed by atoms with van der Waals surface area (Å²) < 4.78 is 0. The van der Waals surface area contributed by atoms with Gasteiger partial charge in [-0.3, -0.25) is 4.79 Å². The molecule has 0 spiro atoms. The van der Waals surface area contributed by atoms with Crippen LogP contribution >= 0.6 is 0 Å². The highest BCUT2D eigenvalue weighted by atomic mass is 16.2. The molecule has 1 heterocycles. The average Bonchev–Trinajstić information content (AvgIpc) is 3.10. The number of nitrogens with two attached hydrogens (primary N) is 1. The third kappa shape index (κ3) is 4.04. The molecule has 0 saturated carbocycles. The van der Waals surface area contributed by atoms with Crippen LogP contribution in [0.2, 0.25) is 0 Å². The maximum atomic E-state index is 12.8. The maximum absolute atomic E-state index is 12.8. The first-order valence-corrected chi connectivity index (χ1v) is 8.85. The van der Waals surface area contributed by atoms with Gasteiger partial charge < -0.3 is 10.6 Å². The minimum absolute atomic E-state index is 0.119. The van der Waals surface area contributed by atoms with E-state index in [4.69, 9.17) is 5.73 Å². The number of carbonyl (C=O) groups is 1. The molecule has 2 N–H and O–H groups in total. The zero-order valence-electron chi connectivity index (χ0n) is 14.1. The molecule has 1 amide bonds. The van der Waals surface area contributed by atoms with Crippen LogP contribution in [-0.2, 0) is 4.79 Å². The summed E-state index contributed by atoms with van der Waals surface area (Å²) in [6.07, 6.45) is 2.64. The summed E-state index contributed by atoms with van der Waals surface area (Å²) in [6.45, 7) is 2.45. The van der Waals surface area contributed by atoms with E-state index in [1.165, 1.54) is 11.1 Å². The summed E-state index contributed by atoms with van der Waals surface area (Å²) in [6, 6.07) is 20.7. The number of hydrogen-bond acceptors (Lipinski definition) is 2. The van der Waals surface area contributed by atoms with E-state index in [-0.39, 0.29) is 11.8 Å². The highest BCUT2D eigenvalue weighted by Crippen LogP contribution is 2.30. The third-order valence-electron chi connectivity index (χ3n) is 5.00. The largest absolute Gasteiger partial charge is 0.342 e. The van der Waals surface area contributed by atoms with Crippen molar-refractivity contribution in [1.82, 2.24) is 4.90 Å². The van der Waals surface area contributed by atoms with E-state index in [1.54, 1.807) is 0 Å². The van der Waals surface area contributed by atoms with Gasteiger partial charge in [0.2, 0.25) is 5.91 Å². The molecule has 1 aliphatic rings. The van der Waals surface area contributed by atoms with Crippen LogP contribution in [0.5, 0.6) is 0 Å². The van der Waals surface area contributed by atoms with Crippen molar-refractivity contribution < 1.29 is 4.79 Å². The van der Waals surface area contributed by atoms with Gasteiger partial charge in [-0.1, -0.05) is 60.7 Å². The van der Waals surface area contributed by atoms with Gasteiger partial charge in [0.15, 0.2) is 0 Å². The van der Waals surface area contributed by atoms with Crippen molar-refractivity contribution in [2.75, 3.05) is 19.6 Å². The predicted octanol–water partition coefficient (Wildman–Crippen LogP) is 3.41. The normalized spacial score (nSPS) is 17.4. The highest BCUT2D eigenvalue weighted by molar-refractivity contribution is 5.78. The van der Waals surface area contributed by atoms with Crippen LogP contribution in [0.15, 0.2) is 60.7 Å². The van der Waals surface area contributed by atoms with Crippen molar-refractivity contribution in [2.45, 2.75) is 25.2 Å². The van der Waals surface area contributed by atoms with Crippen LogP contribution in [0.4, 0.5) is 0 Å². The second-order valence-electron chi connectivity index (χ2n) is 6.65. The Labute approximate surface area is 144 Å². The number of likely N-dealkylation sites (tertiary alicyclic amines) is 1. The lowest BCUT2D eigenvalue weighted by Gasteiger charge is -2.22. The van der Waals surface area contributed by atoms with Gasteiger partial charge in [-0.05, 0) is 36.4 Å². The monoisotopic (exact) mass is 322 g/mol. The van der Waals surface area contributed by atoms with Crippen LogP contribution in [0, 0.1) is 5.92 Å². The number of benzene rings is 2. The summed E-state index contributed by atoms with van der Waals surface area (Å²) in [5.74, 6) is 0.950. The molecule has 3 rings (SSSR count). The fourth-order valence-electron chi connectivity index (χ4n) is 3.63. The van der Waals surface area contributed by atoms with E-state index in [9.17, 15) is 4.79 Å². The van der Waals surface area contributed by atoms with Crippen LogP contribution < -0.4 is 5.73 Å². The molecule has 2 aromatic carbocycles. The van der Waals surface area contributed by atoms with Crippen LogP contribution in [0.1, 0.15) is 36.3 Å². The van der Waals surface area contributed by atoms with E-state index >= 15 is 0 Å². The van der Waals surface area contributed by atoms with Gasteiger partial charge >= 0.3 is 0 Å². The Morgan fingerprint density at radius 3 is 2.17 bits per heavy atom. The number of amides is 1. The Balaban J connectivity index is 1.74. The Kier molecular flexibility index (Phi) is 5.65. The van der Waals surface area contributed by atoms with Gasteiger partial charge in [0, 0.05) is 25.4 Å². The molecule has 3 nitrogen and oxygen atoms in total. The molecule has 1 unspecified atom stereocenters. The number of nitrogens with zero attached hydrogens (tertiary/aromatic N) is 1. The fraction of sp³-hybridized carbons (Fsp3) is 0.381. The van der Waals surface area contributed by atoms with Gasteiger partial charge in [0.1, 0.15) is 0 Å². The van der Waals surface area contributed by atoms with E-state index in [0.717, 1.165) is 25.9 Å². The molecule has 0 radical (unpaired) electrons. The zero-order valence-corrected chi connectivity index (χ0v) is 14.1. The molecule has 24 heavy (non-hydrogen) atoms. The van der Waals surface area contributed by atoms with E-state index in [0.29, 0.717) is 18.9 Å². The summed E-state index contributed by atoms with van der Waals surface area (Å²) >= 11 is 0. The minimum atomic E-state index is 0.119. The van der Waals surface area contributed by atoms with E-state index < -0.39 is 0 Å². The van der Waals surface area contributed by atoms with E-state index in [2.05, 4.69) is 24.3 Å². The summed E-state index contributed by atoms with van der Waals surface area (Å²) in [7, 11) is 0. The molecule has 1 fully saturated rings. The molecule has 0 bridgehead atoms. The number of rotatable bonds is 6. The van der Waals surface area contributed by atoms with Crippen molar-refractivity contribution in [3.05, 3.63) is 71.8 Å². The zero-order chi connectivity index (χ0) is 16.8. The number of hydrogen-bond donors (Lipinski definition) is 1. The van der Waals surface area contributed by atoms with Crippen LogP contribution in [0.25, 0.3) is 0 Å². The van der Waals surface area contributed by atoms with Gasteiger partial charge in [0.05, 0.1) is 0 Å². The van der Waals surface area contributed by atoms with Crippen molar-refractivity contribution in [3.8, 4) is 0 Å². The second-order valence-corrected chi connectivity index (χ2v) is 6.65. The molecule has 0 aliphatic carbocycles. The smallest absolute Gasteiger partial charge is 0.223 e. The molecule has 126 valence electrons. The summed E-state index contributed by atoms with van der Waals surface area (Å²) in [5, 5.41) is 0.